The van der Waals surface area contributed by atoms with Gasteiger partial charge in [0.25, 0.3) is 0 Å². The van der Waals surface area contributed by atoms with Crippen molar-refractivity contribution in [2.45, 2.75) is 95.7 Å². The summed E-state index contributed by atoms with van der Waals surface area (Å²) in [4.78, 5) is 10.7. The second-order valence-corrected chi connectivity index (χ2v) is 7.46. The van der Waals surface area contributed by atoms with E-state index in [1.807, 2.05) is 0 Å². The van der Waals surface area contributed by atoms with E-state index in [0.717, 1.165) is 17.3 Å². The highest BCUT2D eigenvalue weighted by molar-refractivity contribution is 5.66. The molecular formula is C18H35N2O2+. The number of rotatable bonds is 5. The summed E-state index contributed by atoms with van der Waals surface area (Å²) >= 11 is 0. The number of nitrogens with two attached hydrogens (primary N) is 1. The van der Waals surface area contributed by atoms with Gasteiger partial charge < -0.3 is 9.59 Å². The van der Waals surface area contributed by atoms with Gasteiger partial charge in [0, 0.05) is 12.8 Å². The van der Waals surface area contributed by atoms with E-state index in [1.54, 1.807) is 0 Å². The first kappa shape index (κ1) is 17.7. The van der Waals surface area contributed by atoms with E-state index in [0.29, 0.717) is 18.6 Å². The molecule has 2 unspecified atom stereocenters. The molecule has 2 aliphatic heterocycles. The van der Waals surface area contributed by atoms with Gasteiger partial charge in [-0.3, -0.25) is 10.5 Å². The van der Waals surface area contributed by atoms with Crippen molar-refractivity contribution in [3.63, 3.8) is 0 Å². The molecule has 3 N–H and O–H groups in total. The SMILES string of the molecule is NC1CCCC(CCCCC(=O)O)[N+]12CCCCCCCC2. The minimum atomic E-state index is -0.660. The standard InChI is InChI=1S/C18H34N2O2/c19-17-12-9-11-16(10-5-6-13-18(21)22)20(17)14-7-3-1-2-4-8-15-20/h16-17H,1-15,19H2/p+1. The molecule has 0 aromatic rings. The Bertz CT molecular complexity index is 336. The third-order valence-corrected chi connectivity index (χ3v) is 6.00. The van der Waals surface area contributed by atoms with Gasteiger partial charge in [0.1, 0.15) is 6.17 Å². The lowest BCUT2D eigenvalue weighted by atomic mass is 9.90. The van der Waals surface area contributed by atoms with Crippen LogP contribution in [-0.2, 0) is 4.79 Å². The highest BCUT2D eigenvalue weighted by Crippen LogP contribution is 2.34. The van der Waals surface area contributed by atoms with E-state index in [1.165, 1.54) is 77.3 Å². The molecule has 2 saturated heterocycles. The number of unbranched alkanes of at least 4 members (excludes halogenated alkanes) is 1. The molecule has 4 heteroatoms. The maximum Gasteiger partial charge on any atom is 0.303 e. The van der Waals surface area contributed by atoms with Crippen molar-refractivity contribution in [1.82, 2.24) is 0 Å². The molecule has 2 fully saturated rings. The Labute approximate surface area is 135 Å². The quantitative estimate of drug-likeness (QED) is 0.602. The lowest BCUT2D eigenvalue weighted by Crippen LogP contribution is -2.67. The van der Waals surface area contributed by atoms with Crippen molar-refractivity contribution in [3.8, 4) is 0 Å². The fraction of sp³-hybridized carbons (Fsp3) is 0.944. The molecule has 2 aliphatic rings. The van der Waals surface area contributed by atoms with Gasteiger partial charge in [0.2, 0.25) is 0 Å². The zero-order valence-electron chi connectivity index (χ0n) is 14.1. The van der Waals surface area contributed by atoms with Crippen molar-refractivity contribution < 1.29 is 14.4 Å². The van der Waals surface area contributed by atoms with Crippen LogP contribution in [0, 0.1) is 0 Å². The summed E-state index contributed by atoms with van der Waals surface area (Å²) in [5.41, 5.74) is 6.64. The second kappa shape index (κ2) is 8.88. The molecular weight excluding hydrogens is 276 g/mol. The maximum absolute atomic E-state index is 10.7. The number of hydrogen-bond acceptors (Lipinski definition) is 2. The summed E-state index contributed by atoms with van der Waals surface area (Å²) in [6, 6.07) is 0.677. The number of piperidine rings is 1. The second-order valence-electron chi connectivity index (χ2n) is 7.46. The van der Waals surface area contributed by atoms with Crippen LogP contribution in [0.2, 0.25) is 0 Å². The maximum atomic E-state index is 10.7. The van der Waals surface area contributed by atoms with Crippen LogP contribution in [0.5, 0.6) is 0 Å². The minimum absolute atomic E-state index is 0.316. The van der Waals surface area contributed by atoms with Gasteiger partial charge in [-0.25, -0.2) is 0 Å². The van der Waals surface area contributed by atoms with Gasteiger partial charge in [-0.15, -0.1) is 0 Å². The van der Waals surface area contributed by atoms with Gasteiger partial charge in [-0.2, -0.15) is 0 Å². The Hall–Kier alpha value is -0.610. The highest BCUT2D eigenvalue weighted by Gasteiger charge is 2.43. The molecule has 0 saturated carbocycles. The third-order valence-electron chi connectivity index (χ3n) is 6.00. The number of nitrogens with zero attached hydrogens (tertiary/aromatic N) is 1. The predicted molar refractivity (Wildman–Crippen MR) is 89.4 cm³/mol. The summed E-state index contributed by atoms with van der Waals surface area (Å²) in [6.45, 7) is 2.51. The Balaban J connectivity index is 1.98. The van der Waals surface area contributed by atoms with E-state index >= 15 is 0 Å². The number of quaternary nitrogens is 1. The van der Waals surface area contributed by atoms with Gasteiger partial charge in [0.15, 0.2) is 0 Å². The topological polar surface area (TPSA) is 63.3 Å². The van der Waals surface area contributed by atoms with E-state index in [2.05, 4.69) is 0 Å². The summed E-state index contributed by atoms with van der Waals surface area (Å²) in [6.07, 6.45) is 15.5. The first-order valence-electron chi connectivity index (χ1n) is 9.49. The fourth-order valence-corrected chi connectivity index (χ4v) is 4.73. The lowest BCUT2D eigenvalue weighted by Gasteiger charge is -2.52. The van der Waals surface area contributed by atoms with Crippen LogP contribution in [0.4, 0.5) is 0 Å². The number of hydrogen-bond donors (Lipinski definition) is 2. The highest BCUT2D eigenvalue weighted by atomic mass is 16.4. The van der Waals surface area contributed by atoms with Crippen molar-refractivity contribution in [1.29, 1.82) is 0 Å². The summed E-state index contributed by atoms with van der Waals surface area (Å²) < 4.78 is 1.15. The molecule has 0 aromatic carbocycles. The van der Waals surface area contributed by atoms with Crippen LogP contribution in [0.25, 0.3) is 0 Å². The normalized spacial score (nSPS) is 29.5. The van der Waals surface area contributed by atoms with Gasteiger partial charge in [0.05, 0.1) is 19.1 Å². The average Bonchev–Trinajstić information content (AvgIpc) is 2.61. The molecule has 2 rings (SSSR count). The number of aliphatic carboxylic acids is 1. The predicted octanol–water partition coefficient (Wildman–Crippen LogP) is 3.64. The molecule has 1 spiro atoms. The number of carboxylic acid groups (broad SMARTS) is 1. The van der Waals surface area contributed by atoms with E-state index in [4.69, 9.17) is 10.8 Å². The van der Waals surface area contributed by atoms with Gasteiger partial charge in [-0.05, 0) is 57.8 Å². The minimum Gasteiger partial charge on any atom is -0.481 e. The number of carbonyl (C=O) groups is 1. The summed E-state index contributed by atoms with van der Waals surface area (Å²) in [7, 11) is 0. The fourth-order valence-electron chi connectivity index (χ4n) is 4.73. The van der Waals surface area contributed by atoms with E-state index in [9.17, 15) is 4.79 Å². The first-order chi connectivity index (χ1) is 10.6. The van der Waals surface area contributed by atoms with Crippen LogP contribution in [0.15, 0.2) is 0 Å². The van der Waals surface area contributed by atoms with Gasteiger partial charge in [-0.1, -0.05) is 12.8 Å². The lowest BCUT2D eigenvalue weighted by molar-refractivity contribution is -0.979. The molecule has 4 nitrogen and oxygen atoms in total. The average molecular weight is 311 g/mol. The van der Waals surface area contributed by atoms with Crippen molar-refractivity contribution in [3.05, 3.63) is 0 Å². The van der Waals surface area contributed by atoms with Crippen molar-refractivity contribution >= 4 is 5.97 Å². The van der Waals surface area contributed by atoms with Crippen LogP contribution < -0.4 is 5.73 Å². The molecule has 0 aliphatic carbocycles. The summed E-state index contributed by atoms with van der Waals surface area (Å²) in [5, 5.41) is 8.81. The largest absolute Gasteiger partial charge is 0.481 e. The van der Waals surface area contributed by atoms with Crippen LogP contribution >= 0.6 is 0 Å². The molecule has 2 atom stereocenters. The smallest absolute Gasteiger partial charge is 0.303 e. The third kappa shape index (κ3) is 4.69. The molecule has 0 radical (unpaired) electrons. The molecule has 22 heavy (non-hydrogen) atoms. The van der Waals surface area contributed by atoms with E-state index < -0.39 is 5.97 Å². The molecule has 2 heterocycles. The molecule has 128 valence electrons. The molecule has 0 aromatic heterocycles. The number of carboxylic acids is 1. The Morgan fingerprint density at radius 3 is 2.23 bits per heavy atom. The van der Waals surface area contributed by atoms with Gasteiger partial charge >= 0.3 is 5.97 Å². The van der Waals surface area contributed by atoms with Crippen LogP contribution in [-0.4, -0.2) is 40.9 Å². The molecule has 0 amide bonds. The van der Waals surface area contributed by atoms with Crippen molar-refractivity contribution in [2.75, 3.05) is 13.1 Å². The monoisotopic (exact) mass is 311 g/mol. The first-order valence-corrected chi connectivity index (χ1v) is 9.49. The van der Waals surface area contributed by atoms with Crippen LogP contribution in [0.3, 0.4) is 0 Å². The zero-order valence-corrected chi connectivity index (χ0v) is 14.1. The zero-order chi connectivity index (χ0) is 15.8. The Morgan fingerprint density at radius 1 is 0.955 bits per heavy atom. The van der Waals surface area contributed by atoms with E-state index in [-0.39, 0.29) is 0 Å². The van der Waals surface area contributed by atoms with Crippen LogP contribution in [0.1, 0.15) is 83.5 Å². The Kier molecular flexibility index (Phi) is 7.16. The van der Waals surface area contributed by atoms with Crippen molar-refractivity contribution in [2.24, 2.45) is 5.73 Å². The molecule has 0 bridgehead atoms. The summed E-state index contributed by atoms with van der Waals surface area (Å²) in [5.74, 6) is -0.660. The Morgan fingerprint density at radius 2 is 1.59 bits per heavy atom.